The molecule has 0 saturated carbocycles. The number of carbonyl (C=O) groups excluding carboxylic acids is 6. The number of anilines is 3. The number of rotatable bonds is 15. The monoisotopic (exact) mass is 922 g/mol. The lowest BCUT2D eigenvalue weighted by Crippen LogP contribution is -2.44. The summed E-state index contributed by atoms with van der Waals surface area (Å²) in [7, 11) is 3.02. The van der Waals surface area contributed by atoms with Crippen molar-refractivity contribution in [3.05, 3.63) is 118 Å². The predicted molar refractivity (Wildman–Crippen MR) is 252 cm³/mol. The maximum absolute atomic E-state index is 14.0. The zero-order valence-electron chi connectivity index (χ0n) is 37.7. The van der Waals surface area contributed by atoms with Crippen molar-refractivity contribution in [2.24, 2.45) is 10.9 Å². The van der Waals surface area contributed by atoms with Gasteiger partial charge in [-0.25, -0.2) is 0 Å². The molecule has 1 aliphatic carbocycles. The number of nitrogens with zero attached hydrogens (tertiary/aromatic N) is 3. The molecule has 1 unspecified atom stereocenters. The van der Waals surface area contributed by atoms with Gasteiger partial charge in [-0.3, -0.25) is 38.7 Å². The molecule has 4 aliphatic heterocycles. The van der Waals surface area contributed by atoms with E-state index in [0.29, 0.717) is 70.6 Å². The van der Waals surface area contributed by atoms with Crippen molar-refractivity contribution in [1.82, 2.24) is 21.3 Å². The van der Waals surface area contributed by atoms with Gasteiger partial charge >= 0.3 is 0 Å². The molecule has 0 saturated heterocycles. The molecule has 4 aromatic rings. The molecule has 350 valence electrons. The van der Waals surface area contributed by atoms with Gasteiger partial charge in [0.2, 0.25) is 23.6 Å². The molecule has 0 fully saturated rings. The van der Waals surface area contributed by atoms with Gasteiger partial charge in [0.05, 0.1) is 75.0 Å². The van der Waals surface area contributed by atoms with Crippen LogP contribution in [0.2, 0.25) is 0 Å². The minimum absolute atomic E-state index is 0.0539. The number of hydrogen-bond acceptors (Lipinski definition) is 12. The van der Waals surface area contributed by atoms with Crippen LogP contribution in [0.25, 0.3) is 0 Å². The van der Waals surface area contributed by atoms with Gasteiger partial charge in [-0.2, -0.15) is 0 Å². The van der Waals surface area contributed by atoms with E-state index >= 15 is 0 Å². The summed E-state index contributed by atoms with van der Waals surface area (Å²) in [4.78, 5) is 85.1. The molecule has 18 nitrogen and oxygen atoms in total. The number of amides is 6. The first kappa shape index (κ1) is 45.0. The summed E-state index contributed by atoms with van der Waals surface area (Å²) < 4.78 is 24.4. The zero-order chi connectivity index (χ0) is 47.5. The Kier molecular flexibility index (Phi) is 12.8. The molecule has 0 bridgehead atoms. The van der Waals surface area contributed by atoms with Crippen molar-refractivity contribution in [3.63, 3.8) is 0 Å². The van der Waals surface area contributed by atoms with Crippen LogP contribution in [0.4, 0.5) is 22.7 Å². The highest BCUT2D eigenvalue weighted by molar-refractivity contribution is 6.15. The number of ether oxygens (including phenoxy) is 4. The molecule has 5 N–H and O–H groups in total. The van der Waals surface area contributed by atoms with Gasteiger partial charge in [0.1, 0.15) is 6.61 Å². The minimum Gasteiger partial charge on any atom is -0.493 e. The molecular weight excluding hydrogens is 873 g/mol. The maximum Gasteiger partial charge on any atom is 0.261 e. The van der Waals surface area contributed by atoms with Crippen LogP contribution >= 0.6 is 0 Å². The van der Waals surface area contributed by atoms with Gasteiger partial charge in [0.25, 0.3) is 11.8 Å². The Morgan fingerprint density at radius 2 is 1.35 bits per heavy atom. The topological polar surface area (TPSA) is 218 Å². The first-order valence-corrected chi connectivity index (χ1v) is 22.3. The summed E-state index contributed by atoms with van der Waals surface area (Å²) in [5.41, 5.74) is 7.08. The van der Waals surface area contributed by atoms with E-state index in [2.05, 4.69) is 26.6 Å². The summed E-state index contributed by atoms with van der Waals surface area (Å²) >= 11 is 0. The quantitative estimate of drug-likeness (QED) is 0.116. The van der Waals surface area contributed by atoms with E-state index in [1.54, 1.807) is 41.5 Å². The highest BCUT2D eigenvalue weighted by atomic mass is 16.5. The zero-order valence-corrected chi connectivity index (χ0v) is 37.7. The van der Waals surface area contributed by atoms with Crippen LogP contribution in [0.15, 0.2) is 101 Å². The molecule has 4 heterocycles. The molecule has 0 spiro atoms. The van der Waals surface area contributed by atoms with Crippen LogP contribution in [0, 0.1) is 5.92 Å². The Balaban J connectivity index is 0.911. The Hall–Kier alpha value is -8.15. The Morgan fingerprint density at radius 3 is 2.07 bits per heavy atom. The highest BCUT2D eigenvalue weighted by Gasteiger charge is 2.39. The summed E-state index contributed by atoms with van der Waals surface area (Å²) in [5, 5.41) is 13.5. The molecule has 5 aliphatic rings. The molecular formula is C50H50N8O10. The third-order valence-corrected chi connectivity index (χ3v) is 12.3. The number of methoxy groups -OCH3 is 2. The molecule has 68 heavy (non-hydrogen) atoms. The SMILES string of the molecule is COc1cc2c(cc1OCC1=CC(NC(=O)CNC(=O)CNC(=O)CNC(C)=O)=CC(COc3cc4c(cc3OC)C(=O)N3c5ccccc5C[C@H]3C=N4)C1)NC[C@@H]1Cc3ccccc3N1C2=O. The predicted octanol–water partition coefficient (Wildman–Crippen LogP) is 3.76. The normalized spacial score (nSPS) is 18.3. The Labute approximate surface area is 391 Å². The first-order valence-electron chi connectivity index (χ1n) is 22.3. The van der Waals surface area contributed by atoms with Crippen LogP contribution < -0.4 is 55.3 Å². The first-order chi connectivity index (χ1) is 33.0. The third kappa shape index (κ3) is 9.42. The number of para-hydroxylation sites is 2. The summed E-state index contributed by atoms with van der Waals surface area (Å²) in [6.45, 7) is 0.932. The molecule has 6 amide bonds. The number of fused-ring (bicyclic) bond motifs is 8. The minimum atomic E-state index is -0.605. The highest BCUT2D eigenvalue weighted by Crippen LogP contribution is 2.43. The van der Waals surface area contributed by atoms with Crippen molar-refractivity contribution in [3.8, 4) is 23.0 Å². The van der Waals surface area contributed by atoms with Gasteiger partial charge in [-0.1, -0.05) is 42.5 Å². The molecule has 18 heteroatoms. The van der Waals surface area contributed by atoms with Crippen LogP contribution in [0.3, 0.4) is 0 Å². The van der Waals surface area contributed by atoms with E-state index in [1.165, 1.54) is 21.1 Å². The number of benzene rings is 4. The average molecular weight is 923 g/mol. The molecule has 0 radical (unpaired) electrons. The Bertz CT molecular complexity index is 2820. The fraction of sp³-hybridized carbons (Fsp3) is 0.300. The van der Waals surface area contributed by atoms with Crippen LogP contribution in [-0.2, 0) is 32.0 Å². The van der Waals surface area contributed by atoms with Gasteiger partial charge in [0, 0.05) is 61.2 Å². The standard InChI is InChI=1S/C50H50N8O10/c1-28(59)51-23-46(60)54-24-47(61)55-25-48(62)56-33-13-29(26-67-44-19-38-36(17-42(44)65-2)49(63)57-34(21-52-38)15-31-8-4-6-10-40(31)57)12-30(14-33)27-68-45-20-39-37(18-43(45)66-3)50(64)58-35(22-53-39)16-32-9-5-7-11-41(32)58/h4-11,13-14,17-21,29,34-35,53H,12,15-16,22-27H2,1-3H3,(H,51,59)(H,54,60)(H,55,61)(H,56,62)/t29?,34-,35-/m0/s1. The summed E-state index contributed by atoms with van der Waals surface area (Å²) in [6, 6.07) is 22.3. The second-order valence-corrected chi connectivity index (χ2v) is 17.0. The molecule has 3 atom stereocenters. The molecule has 4 aromatic carbocycles. The number of carbonyl (C=O) groups is 6. The fourth-order valence-corrected chi connectivity index (χ4v) is 9.12. The summed E-state index contributed by atoms with van der Waals surface area (Å²) in [5.74, 6) is -1.23. The number of aliphatic imine (C=N–C) groups is 1. The third-order valence-electron chi connectivity index (χ3n) is 12.3. The summed E-state index contributed by atoms with van der Waals surface area (Å²) in [6.07, 6.45) is 7.27. The van der Waals surface area contributed by atoms with E-state index in [0.717, 1.165) is 34.5 Å². The van der Waals surface area contributed by atoms with Crippen molar-refractivity contribution in [1.29, 1.82) is 0 Å². The van der Waals surface area contributed by atoms with E-state index in [9.17, 15) is 28.8 Å². The number of allylic oxidation sites excluding steroid dienone is 1. The number of nitrogens with one attached hydrogen (secondary N) is 5. The van der Waals surface area contributed by atoms with E-state index in [-0.39, 0.29) is 55.5 Å². The lowest BCUT2D eigenvalue weighted by Gasteiger charge is -2.24. The second-order valence-electron chi connectivity index (χ2n) is 17.0. The van der Waals surface area contributed by atoms with Gasteiger partial charge < -0.3 is 50.4 Å². The van der Waals surface area contributed by atoms with E-state index in [4.69, 9.17) is 23.9 Å². The van der Waals surface area contributed by atoms with Gasteiger partial charge in [0.15, 0.2) is 23.0 Å². The Morgan fingerprint density at radius 1 is 0.721 bits per heavy atom. The van der Waals surface area contributed by atoms with Gasteiger partial charge in [-0.15, -0.1) is 0 Å². The van der Waals surface area contributed by atoms with E-state index < -0.39 is 30.8 Å². The molecule has 9 rings (SSSR count). The van der Waals surface area contributed by atoms with Crippen molar-refractivity contribution in [2.75, 3.05) is 68.7 Å². The molecule has 0 aromatic heterocycles. The van der Waals surface area contributed by atoms with Gasteiger partial charge in [-0.05, 0) is 59.9 Å². The van der Waals surface area contributed by atoms with Crippen LogP contribution in [-0.4, -0.2) is 107 Å². The van der Waals surface area contributed by atoms with Crippen molar-refractivity contribution >= 4 is 64.4 Å². The van der Waals surface area contributed by atoms with Crippen molar-refractivity contribution < 1.29 is 47.7 Å². The largest absolute Gasteiger partial charge is 0.493 e. The maximum atomic E-state index is 14.0. The lowest BCUT2D eigenvalue weighted by molar-refractivity contribution is -0.128. The van der Waals surface area contributed by atoms with Crippen LogP contribution in [0.1, 0.15) is 45.2 Å². The second kappa shape index (κ2) is 19.4. The van der Waals surface area contributed by atoms with Crippen molar-refractivity contribution in [2.45, 2.75) is 38.3 Å². The average Bonchev–Trinajstić information content (AvgIpc) is 3.83. The fourth-order valence-electron chi connectivity index (χ4n) is 9.12. The smallest absolute Gasteiger partial charge is 0.261 e. The lowest BCUT2D eigenvalue weighted by atomic mass is 9.93. The number of hydrogen-bond donors (Lipinski definition) is 5. The van der Waals surface area contributed by atoms with Crippen LogP contribution in [0.5, 0.6) is 23.0 Å². The van der Waals surface area contributed by atoms with E-state index in [1.807, 2.05) is 59.5 Å².